The molecule has 0 unspecified atom stereocenters. The molecule has 132 valence electrons. The van der Waals surface area contributed by atoms with Crippen LogP contribution in [0.3, 0.4) is 0 Å². The van der Waals surface area contributed by atoms with E-state index in [1.165, 1.54) is 34.6 Å². The van der Waals surface area contributed by atoms with Crippen molar-refractivity contribution in [3.05, 3.63) is 35.2 Å². The Balaban J connectivity index is 1.66. The van der Waals surface area contributed by atoms with Crippen LogP contribution in [0.4, 0.5) is 0 Å². The summed E-state index contributed by atoms with van der Waals surface area (Å²) >= 11 is 2.93. The van der Waals surface area contributed by atoms with Crippen molar-refractivity contribution in [2.75, 3.05) is 11.5 Å². The van der Waals surface area contributed by atoms with Gasteiger partial charge in [-0.05, 0) is 24.1 Å². The number of pyridine rings is 1. The predicted molar refractivity (Wildman–Crippen MR) is 93.8 cm³/mol. The van der Waals surface area contributed by atoms with Gasteiger partial charge in [0.15, 0.2) is 0 Å². The van der Waals surface area contributed by atoms with Crippen LogP contribution in [0.1, 0.15) is 16.8 Å². The molecule has 3 rings (SSSR count). The van der Waals surface area contributed by atoms with E-state index in [9.17, 15) is 19.5 Å². The molecule has 8 nitrogen and oxygen atoms in total. The van der Waals surface area contributed by atoms with E-state index in [-0.39, 0.29) is 17.0 Å². The molecule has 1 aromatic rings. The Bertz CT molecular complexity index is 765. The Morgan fingerprint density at radius 2 is 2.20 bits per heavy atom. The number of carbonyl (C=O) groups is 3. The van der Waals surface area contributed by atoms with E-state index in [0.717, 1.165) is 5.57 Å². The lowest BCUT2D eigenvalue weighted by atomic mass is 10.0. The predicted octanol–water partition coefficient (Wildman–Crippen LogP) is 0.244. The topological polar surface area (TPSA) is 140 Å². The molecule has 2 aliphatic rings. The summed E-state index contributed by atoms with van der Waals surface area (Å²) in [6, 6.07) is 2.67. The summed E-state index contributed by atoms with van der Waals surface area (Å²) in [5, 5.41) is 9.90. The molecule has 5 N–H and O–H groups in total. The average molecular weight is 380 g/mol. The van der Waals surface area contributed by atoms with Crippen LogP contribution in [0.2, 0.25) is 0 Å². The summed E-state index contributed by atoms with van der Waals surface area (Å²) in [4.78, 5) is 39.9. The van der Waals surface area contributed by atoms with Gasteiger partial charge in [0.05, 0.1) is 10.6 Å². The van der Waals surface area contributed by atoms with Gasteiger partial charge in [0, 0.05) is 17.7 Å². The highest BCUT2D eigenvalue weighted by atomic mass is 32.2. The standard InChI is InChI=1S/C15H16N4O4S2/c16-10-13(21)19-11(15(22)23)8(6-25-14(10)19)3-4-24-9-2-1-7(5-18-9)12(17)20/h1-2,5,10,14H,3-4,6,16H2,(H2,17,20)(H,22,23)/t10-,14-/m1/s1. The van der Waals surface area contributed by atoms with Gasteiger partial charge in [-0.15, -0.1) is 23.5 Å². The summed E-state index contributed by atoms with van der Waals surface area (Å²) in [7, 11) is 0. The zero-order valence-electron chi connectivity index (χ0n) is 13.0. The fraction of sp³-hybridized carbons (Fsp3) is 0.333. The van der Waals surface area contributed by atoms with E-state index >= 15 is 0 Å². The molecule has 1 aromatic heterocycles. The van der Waals surface area contributed by atoms with E-state index < -0.39 is 17.9 Å². The van der Waals surface area contributed by atoms with E-state index in [0.29, 0.717) is 28.5 Å². The number of carbonyl (C=O) groups excluding carboxylic acids is 2. The summed E-state index contributed by atoms with van der Waals surface area (Å²) in [5.41, 5.74) is 12.0. The third kappa shape index (κ3) is 3.37. The minimum absolute atomic E-state index is 0.0630. The van der Waals surface area contributed by atoms with E-state index in [1.54, 1.807) is 12.1 Å². The highest BCUT2D eigenvalue weighted by Gasteiger charge is 2.51. The molecule has 10 heteroatoms. The summed E-state index contributed by atoms with van der Waals surface area (Å²) in [6.07, 6.45) is 1.93. The number of carboxylic acids is 1. The molecule has 1 saturated heterocycles. The number of nitrogens with zero attached hydrogens (tertiary/aromatic N) is 2. The molecule has 2 atom stereocenters. The van der Waals surface area contributed by atoms with Gasteiger partial charge in [0.2, 0.25) is 11.8 Å². The molecule has 0 spiro atoms. The lowest BCUT2D eigenvalue weighted by molar-refractivity contribution is -0.148. The third-order valence-corrected chi connectivity index (χ3v) is 6.27. The minimum Gasteiger partial charge on any atom is -0.477 e. The highest BCUT2D eigenvalue weighted by molar-refractivity contribution is 8.00. The van der Waals surface area contributed by atoms with E-state index in [1.807, 2.05) is 0 Å². The summed E-state index contributed by atoms with van der Waals surface area (Å²) < 4.78 is 0. The molecule has 2 aliphatic heterocycles. The molecule has 3 heterocycles. The largest absolute Gasteiger partial charge is 0.477 e. The first-order valence-electron chi connectivity index (χ1n) is 7.44. The van der Waals surface area contributed by atoms with Crippen LogP contribution in [-0.2, 0) is 9.59 Å². The van der Waals surface area contributed by atoms with Gasteiger partial charge in [0.25, 0.3) is 0 Å². The maximum atomic E-state index is 11.9. The Hall–Kier alpha value is -2.04. The fourth-order valence-electron chi connectivity index (χ4n) is 2.66. The molecule has 0 aromatic carbocycles. The van der Waals surface area contributed by atoms with Gasteiger partial charge >= 0.3 is 5.97 Å². The number of nitrogens with two attached hydrogens (primary N) is 2. The van der Waals surface area contributed by atoms with Crippen LogP contribution in [0.25, 0.3) is 0 Å². The van der Waals surface area contributed by atoms with Crippen molar-refractivity contribution in [1.29, 1.82) is 0 Å². The lowest BCUT2D eigenvalue weighted by Gasteiger charge is -2.48. The van der Waals surface area contributed by atoms with Crippen molar-refractivity contribution in [1.82, 2.24) is 9.88 Å². The van der Waals surface area contributed by atoms with Crippen LogP contribution >= 0.6 is 23.5 Å². The average Bonchev–Trinajstić information content (AvgIpc) is 2.60. The van der Waals surface area contributed by atoms with E-state index in [4.69, 9.17) is 11.5 Å². The number of β-lactam (4-membered cyclic amide) rings is 1. The fourth-order valence-corrected chi connectivity index (χ4v) is 4.85. The monoisotopic (exact) mass is 380 g/mol. The number of hydrogen-bond donors (Lipinski definition) is 3. The molecule has 25 heavy (non-hydrogen) atoms. The van der Waals surface area contributed by atoms with Gasteiger partial charge < -0.3 is 16.6 Å². The molecule has 0 saturated carbocycles. The van der Waals surface area contributed by atoms with Crippen molar-refractivity contribution < 1.29 is 19.5 Å². The molecule has 2 amide bonds. The van der Waals surface area contributed by atoms with Crippen LogP contribution in [-0.4, -0.2) is 55.7 Å². The number of carboxylic acid groups (broad SMARTS) is 1. The normalized spacial score (nSPS) is 22.4. The van der Waals surface area contributed by atoms with Gasteiger partial charge in [-0.1, -0.05) is 0 Å². The van der Waals surface area contributed by atoms with Crippen LogP contribution in [0, 0.1) is 0 Å². The van der Waals surface area contributed by atoms with Crippen LogP contribution in [0.15, 0.2) is 34.6 Å². The second-order valence-corrected chi connectivity index (χ2v) is 7.76. The van der Waals surface area contributed by atoms with Crippen molar-refractivity contribution in [2.24, 2.45) is 11.5 Å². The van der Waals surface area contributed by atoms with Crippen molar-refractivity contribution in [3.63, 3.8) is 0 Å². The van der Waals surface area contributed by atoms with E-state index in [2.05, 4.69) is 4.98 Å². The molecular formula is C15H16N4O4S2. The number of primary amides is 1. The molecular weight excluding hydrogens is 364 g/mol. The highest BCUT2D eigenvalue weighted by Crippen LogP contribution is 2.40. The number of fused-ring (bicyclic) bond motifs is 1. The summed E-state index contributed by atoms with van der Waals surface area (Å²) in [5.74, 6) is -0.836. The van der Waals surface area contributed by atoms with Crippen molar-refractivity contribution in [2.45, 2.75) is 22.9 Å². The first kappa shape index (κ1) is 17.8. The van der Waals surface area contributed by atoms with Gasteiger partial charge in [0.1, 0.15) is 17.1 Å². The van der Waals surface area contributed by atoms with Gasteiger partial charge in [-0.25, -0.2) is 9.78 Å². The van der Waals surface area contributed by atoms with Crippen molar-refractivity contribution >= 4 is 41.3 Å². The first-order chi connectivity index (χ1) is 11.9. The Labute approximate surface area is 152 Å². The third-order valence-electron chi connectivity index (χ3n) is 3.97. The zero-order chi connectivity index (χ0) is 18.1. The second kappa shape index (κ2) is 7.06. The first-order valence-corrected chi connectivity index (χ1v) is 9.48. The smallest absolute Gasteiger partial charge is 0.352 e. The van der Waals surface area contributed by atoms with Gasteiger partial charge in [-0.2, -0.15) is 0 Å². The van der Waals surface area contributed by atoms with Crippen LogP contribution < -0.4 is 11.5 Å². The number of aliphatic carboxylic acids is 1. The zero-order valence-corrected chi connectivity index (χ0v) is 14.7. The Morgan fingerprint density at radius 3 is 2.80 bits per heavy atom. The molecule has 1 fully saturated rings. The lowest BCUT2D eigenvalue weighted by Crippen LogP contribution is -2.68. The quantitative estimate of drug-likeness (QED) is 0.471. The number of hydrogen-bond acceptors (Lipinski definition) is 7. The molecule has 0 aliphatic carbocycles. The Morgan fingerprint density at radius 1 is 1.44 bits per heavy atom. The number of rotatable bonds is 6. The molecule has 0 bridgehead atoms. The van der Waals surface area contributed by atoms with Gasteiger partial charge in [-0.3, -0.25) is 14.5 Å². The SMILES string of the molecule is NC(=O)c1ccc(SCCC2=C(C(=O)O)N3C(=O)[C@@H](N)[C@H]3SC2)nc1. The van der Waals surface area contributed by atoms with Crippen LogP contribution in [0.5, 0.6) is 0 Å². The Kier molecular flexibility index (Phi) is 5.02. The number of thioether (sulfide) groups is 2. The second-order valence-electron chi connectivity index (χ2n) is 5.54. The summed E-state index contributed by atoms with van der Waals surface area (Å²) in [6.45, 7) is 0. The number of aromatic nitrogens is 1. The van der Waals surface area contributed by atoms with Crippen molar-refractivity contribution in [3.8, 4) is 0 Å². The maximum Gasteiger partial charge on any atom is 0.352 e. The molecule has 0 radical (unpaired) electrons. The number of amides is 2. The maximum absolute atomic E-state index is 11.9. The minimum atomic E-state index is -1.10.